The Kier molecular flexibility index (Phi) is 5.91. The van der Waals surface area contributed by atoms with Crippen molar-refractivity contribution in [2.24, 2.45) is 0 Å². The fourth-order valence-electron chi connectivity index (χ4n) is 7.78. The number of nitrogens with zero attached hydrogens (tertiary/aromatic N) is 2. The van der Waals surface area contributed by atoms with Crippen molar-refractivity contribution in [2.75, 3.05) is 0 Å². The highest BCUT2D eigenvalue weighted by Gasteiger charge is 2.21. The Labute approximate surface area is 278 Å². The van der Waals surface area contributed by atoms with Crippen LogP contribution >= 0.6 is 0 Å². The molecule has 0 saturated heterocycles. The number of hydrogen-bond donors (Lipinski definition) is 0. The Balaban J connectivity index is 1.34. The molecule has 0 aliphatic carbocycles. The Bertz CT molecular complexity index is 2810. The van der Waals surface area contributed by atoms with Gasteiger partial charge < -0.3 is 9.13 Å². The fraction of sp³-hybridized carbons (Fsp3) is 0. The van der Waals surface area contributed by atoms with E-state index in [2.05, 4.69) is 191 Å². The zero-order valence-electron chi connectivity index (χ0n) is 26.2. The van der Waals surface area contributed by atoms with Crippen molar-refractivity contribution in [1.82, 2.24) is 9.13 Å². The average Bonchev–Trinajstić information content (AvgIpc) is 3.68. The minimum atomic E-state index is 1.15. The van der Waals surface area contributed by atoms with E-state index in [0.29, 0.717) is 0 Å². The maximum atomic E-state index is 2.46. The van der Waals surface area contributed by atoms with Crippen molar-refractivity contribution in [3.63, 3.8) is 0 Å². The number of para-hydroxylation sites is 2. The first-order valence-electron chi connectivity index (χ1n) is 16.5. The molecular formula is C46H30N2. The third-order valence-electron chi connectivity index (χ3n) is 9.89. The van der Waals surface area contributed by atoms with Gasteiger partial charge in [-0.05, 0) is 81.6 Å². The highest BCUT2D eigenvalue weighted by Crippen LogP contribution is 2.43. The lowest BCUT2D eigenvalue weighted by Crippen LogP contribution is -1.95. The van der Waals surface area contributed by atoms with Crippen LogP contribution in [0.3, 0.4) is 0 Å². The lowest BCUT2D eigenvalue weighted by molar-refractivity contribution is 1.17. The second-order valence-electron chi connectivity index (χ2n) is 12.6. The van der Waals surface area contributed by atoms with E-state index in [1.165, 1.54) is 76.6 Å². The quantitative estimate of drug-likeness (QED) is 0.188. The Hall–Kier alpha value is -6.38. The van der Waals surface area contributed by atoms with E-state index in [9.17, 15) is 0 Å². The average molecular weight is 611 g/mol. The topological polar surface area (TPSA) is 9.86 Å². The molecule has 0 aliphatic heterocycles. The van der Waals surface area contributed by atoms with Gasteiger partial charge in [-0.2, -0.15) is 0 Å². The Morgan fingerprint density at radius 2 is 0.958 bits per heavy atom. The zero-order chi connectivity index (χ0) is 31.6. The van der Waals surface area contributed by atoms with Crippen LogP contribution in [0.15, 0.2) is 182 Å². The molecule has 48 heavy (non-hydrogen) atoms. The zero-order valence-corrected chi connectivity index (χ0v) is 26.2. The third-order valence-corrected chi connectivity index (χ3v) is 9.89. The largest absolute Gasteiger partial charge is 0.309 e. The van der Waals surface area contributed by atoms with Crippen molar-refractivity contribution < 1.29 is 0 Å². The number of benzene rings is 8. The number of aromatic nitrogens is 2. The highest BCUT2D eigenvalue weighted by atomic mass is 15.0. The van der Waals surface area contributed by atoms with Crippen molar-refractivity contribution in [3.05, 3.63) is 182 Å². The van der Waals surface area contributed by atoms with E-state index in [1.54, 1.807) is 0 Å². The van der Waals surface area contributed by atoms with Gasteiger partial charge in [-0.3, -0.25) is 0 Å². The minimum absolute atomic E-state index is 1.15. The molecule has 2 heteroatoms. The first-order chi connectivity index (χ1) is 23.8. The molecule has 8 aromatic carbocycles. The van der Waals surface area contributed by atoms with Crippen LogP contribution in [0.2, 0.25) is 0 Å². The van der Waals surface area contributed by atoms with Gasteiger partial charge in [-0.1, -0.05) is 133 Å². The summed E-state index contributed by atoms with van der Waals surface area (Å²) in [4.78, 5) is 0. The van der Waals surface area contributed by atoms with Crippen LogP contribution in [0.4, 0.5) is 0 Å². The lowest BCUT2D eigenvalue weighted by atomic mass is 9.98. The van der Waals surface area contributed by atoms with E-state index in [-0.39, 0.29) is 0 Å². The van der Waals surface area contributed by atoms with Gasteiger partial charge in [0.2, 0.25) is 0 Å². The van der Waals surface area contributed by atoms with Gasteiger partial charge >= 0.3 is 0 Å². The van der Waals surface area contributed by atoms with Gasteiger partial charge in [0, 0.05) is 32.9 Å². The van der Waals surface area contributed by atoms with Crippen LogP contribution in [0.25, 0.3) is 88.0 Å². The highest BCUT2D eigenvalue weighted by molar-refractivity contribution is 6.26. The van der Waals surface area contributed by atoms with Crippen molar-refractivity contribution >= 4 is 54.4 Å². The summed E-state index contributed by atoms with van der Waals surface area (Å²) >= 11 is 0. The molecule has 0 unspecified atom stereocenters. The summed E-state index contributed by atoms with van der Waals surface area (Å²) < 4.78 is 4.92. The number of rotatable bonds is 4. The monoisotopic (exact) mass is 610 g/mol. The van der Waals surface area contributed by atoms with Gasteiger partial charge in [-0.25, -0.2) is 0 Å². The second kappa shape index (κ2) is 10.6. The van der Waals surface area contributed by atoms with Gasteiger partial charge in [0.15, 0.2) is 0 Å². The first-order valence-corrected chi connectivity index (χ1v) is 16.5. The van der Waals surface area contributed by atoms with Gasteiger partial charge in [0.25, 0.3) is 0 Å². The summed E-state index contributed by atoms with van der Waals surface area (Å²) in [7, 11) is 0. The van der Waals surface area contributed by atoms with E-state index in [0.717, 1.165) is 11.4 Å². The molecule has 0 N–H and O–H groups in total. The SMILES string of the molecule is c1ccc(-c2ccc3c(c2)c2c(ccc4c5ccccc5n(-c5ccccc5)c42)n3-c2cccc(-c3cccc4ccccc34)c2)cc1. The Morgan fingerprint density at radius 1 is 0.312 bits per heavy atom. The van der Waals surface area contributed by atoms with E-state index < -0.39 is 0 Å². The van der Waals surface area contributed by atoms with Gasteiger partial charge in [-0.15, -0.1) is 0 Å². The third kappa shape index (κ3) is 4.00. The maximum Gasteiger partial charge on any atom is 0.0641 e. The summed E-state index contributed by atoms with van der Waals surface area (Å²) in [5.74, 6) is 0. The molecule has 0 atom stereocenters. The molecule has 0 fully saturated rings. The van der Waals surface area contributed by atoms with Crippen molar-refractivity contribution in [2.45, 2.75) is 0 Å². The standard InChI is InChI=1S/C46H30N2/c1-3-13-31(14-4-1)33-25-27-43-41(30-33)45-44(28-26-40-39-22-9-10-24-42(39)48(46(40)45)35-18-5-2-6-19-35)47(43)36-20-11-17-34(29-36)38-23-12-16-32-15-7-8-21-37(32)38/h1-30H. The molecule has 2 aromatic heterocycles. The van der Waals surface area contributed by atoms with Gasteiger partial charge in [0.05, 0.1) is 22.1 Å². The molecule has 0 aliphatic rings. The minimum Gasteiger partial charge on any atom is -0.309 e. The first kappa shape index (κ1) is 26.8. The van der Waals surface area contributed by atoms with E-state index in [1.807, 2.05) is 0 Å². The summed E-state index contributed by atoms with van der Waals surface area (Å²) in [6.07, 6.45) is 0. The van der Waals surface area contributed by atoms with Crippen molar-refractivity contribution in [3.8, 4) is 33.6 Å². The molecule has 10 rings (SSSR count). The fourth-order valence-corrected chi connectivity index (χ4v) is 7.78. The molecule has 224 valence electrons. The smallest absolute Gasteiger partial charge is 0.0641 e. The molecular weight excluding hydrogens is 581 g/mol. The molecule has 2 heterocycles. The van der Waals surface area contributed by atoms with E-state index in [4.69, 9.17) is 0 Å². The molecule has 0 radical (unpaired) electrons. The normalized spacial score (nSPS) is 11.8. The summed E-state index contributed by atoms with van der Waals surface area (Å²) in [6.45, 7) is 0. The van der Waals surface area contributed by atoms with Crippen LogP contribution < -0.4 is 0 Å². The predicted octanol–water partition coefficient (Wildman–Crippen LogP) is 12.4. The lowest BCUT2D eigenvalue weighted by Gasteiger charge is -2.12. The van der Waals surface area contributed by atoms with Gasteiger partial charge in [0.1, 0.15) is 0 Å². The molecule has 2 nitrogen and oxygen atoms in total. The predicted molar refractivity (Wildman–Crippen MR) is 203 cm³/mol. The molecule has 0 amide bonds. The van der Waals surface area contributed by atoms with Crippen LogP contribution in [0, 0.1) is 0 Å². The molecule has 10 aromatic rings. The molecule has 0 bridgehead atoms. The van der Waals surface area contributed by atoms with Crippen LogP contribution in [0.1, 0.15) is 0 Å². The second-order valence-corrected chi connectivity index (χ2v) is 12.6. The van der Waals surface area contributed by atoms with Crippen LogP contribution in [-0.2, 0) is 0 Å². The van der Waals surface area contributed by atoms with E-state index >= 15 is 0 Å². The summed E-state index contributed by atoms with van der Waals surface area (Å²) in [6, 6.07) is 66.2. The molecule has 0 spiro atoms. The van der Waals surface area contributed by atoms with Crippen LogP contribution in [0.5, 0.6) is 0 Å². The van der Waals surface area contributed by atoms with Crippen LogP contribution in [-0.4, -0.2) is 9.13 Å². The molecule has 0 saturated carbocycles. The summed E-state index contributed by atoms with van der Waals surface area (Å²) in [5, 5.41) is 7.54. The number of fused-ring (bicyclic) bond motifs is 8. The summed E-state index contributed by atoms with van der Waals surface area (Å²) in [5.41, 5.74) is 12.0. The Morgan fingerprint density at radius 3 is 1.83 bits per heavy atom. The maximum absolute atomic E-state index is 2.46. The van der Waals surface area contributed by atoms with Crippen molar-refractivity contribution in [1.29, 1.82) is 0 Å². The number of hydrogen-bond acceptors (Lipinski definition) is 0.